The van der Waals surface area contributed by atoms with Crippen molar-refractivity contribution in [3.63, 3.8) is 0 Å². The fourth-order valence-electron chi connectivity index (χ4n) is 1.48. The topological polar surface area (TPSA) is 71.1 Å². The standard InChI is InChI=1S/C11H19N3O2S/c1-9(8-12-3)17(15,16)14-10(2)11-4-6-13-7-5-11/h4-7,9-10,12,14H,8H2,1-3H3. The van der Waals surface area contributed by atoms with Gasteiger partial charge < -0.3 is 5.32 Å². The van der Waals surface area contributed by atoms with Crippen LogP contribution in [0.4, 0.5) is 0 Å². The van der Waals surface area contributed by atoms with Crippen LogP contribution in [0.2, 0.25) is 0 Å². The molecule has 0 aliphatic rings. The van der Waals surface area contributed by atoms with E-state index in [1.807, 2.05) is 6.92 Å². The normalized spacial score (nSPS) is 15.5. The number of aromatic nitrogens is 1. The van der Waals surface area contributed by atoms with Gasteiger partial charge in [-0.3, -0.25) is 4.98 Å². The molecule has 0 fully saturated rings. The number of pyridine rings is 1. The lowest BCUT2D eigenvalue weighted by atomic mass is 10.1. The molecule has 1 aromatic rings. The Morgan fingerprint density at radius 2 is 1.88 bits per heavy atom. The molecule has 0 aromatic carbocycles. The third-order valence-corrected chi connectivity index (χ3v) is 4.48. The molecule has 0 amide bonds. The van der Waals surface area contributed by atoms with E-state index in [1.54, 1.807) is 38.5 Å². The average Bonchev–Trinajstić information content (AvgIpc) is 2.30. The number of rotatable bonds is 6. The van der Waals surface area contributed by atoms with Gasteiger partial charge in [0.15, 0.2) is 0 Å². The summed E-state index contributed by atoms with van der Waals surface area (Å²) in [5, 5.41) is 2.40. The Hall–Kier alpha value is -0.980. The summed E-state index contributed by atoms with van der Waals surface area (Å²) in [6.07, 6.45) is 3.30. The highest BCUT2D eigenvalue weighted by Crippen LogP contribution is 2.13. The van der Waals surface area contributed by atoms with Gasteiger partial charge in [0.1, 0.15) is 0 Å². The SMILES string of the molecule is CNCC(C)S(=O)(=O)NC(C)c1ccncc1. The zero-order chi connectivity index (χ0) is 12.9. The van der Waals surface area contributed by atoms with Crippen molar-refractivity contribution in [3.8, 4) is 0 Å². The highest BCUT2D eigenvalue weighted by molar-refractivity contribution is 7.90. The molecule has 0 bridgehead atoms. The van der Waals surface area contributed by atoms with E-state index in [9.17, 15) is 8.42 Å². The lowest BCUT2D eigenvalue weighted by Gasteiger charge is -2.18. The van der Waals surface area contributed by atoms with E-state index in [-0.39, 0.29) is 6.04 Å². The van der Waals surface area contributed by atoms with E-state index in [0.29, 0.717) is 6.54 Å². The van der Waals surface area contributed by atoms with Crippen LogP contribution in [0.5, 0.6) is 0 Å². The van der Waals surface area contributed by atoms with Crippen LogP contribution in [0.1, 0.15) is 25.5 Å². The molecule has 0 radical (unpaired) electrons. The summed E-state index contributed by atoms with van der Waals surface area (Å²) in [6.45, 7) is 3.93. The van der Waals surface area contributed by atoms with Gasteiger partial charge >= 0.3 is 0 Å². The Labute approximate surface area is 103 Å². The van der Waals surface area contributed by atoms with Crippen LogP contribution in [0.15, 0.2) is 24.5 Å². The maximum atomic E-state index is 11.9. The Kier molecular flexibility index (Phi) is 5.04. The molecule has 2 unspecified atom stereocenters. The summed E-state index contributed by atoms with van der Waals surface area (Å²) in [5.41, 5.74) is 0.903. The first-order chi connectivity index (χ1) is 7.97. The molecular weight excluding hydrogens is 238 g/mol. The summed E-state index contributed by atoms with van der Waals surface area (Å²) >= 11 is 0. The molecule has 2 atom stereocenters. The van der Waals surface area contributed by atoms with Crippen molar-refractivity contribution in [3.05, 3.63) is 30.1 Å². The first-order valence-electron chi connectivity index (χ1n) is 5.53. The van der Waals surface area contributed by atoms with Gasteiger partial charge in [-0.15, -0.1) is 0 Å². The average molecular weight is 257 g/mol. The van der Waals surface area contributed by atoms with E-state index in [4.69, 9.17) is 0 Å². The van der Waals surface area contributed by atoms with Crippen molar-refractivity contribution in [2.45, 2.75) is 25.1 Å². The van der Waals surface area contributed by atoms with E-state index in [0.717, 1.165) is 5.56 Å². The highest BCUT2D eigenvalue weighted by atomic mass is 32.2. The smallest absolute Gasteiger partial charge is 0.216 e. The Balaban J connectivity index is 2.71. The van der Waals surface area contributed by atoms with Crippen LogP contribution in [0.25, 0.3) is 0 Å². The van der Waals surface area contributed by atoms with Crippen molar-refractivity contribution >= 4 is 10.0 Å². The zero-order valence-electron chi connectivity index (χ0n) is 10.3. The van der Waals surface area contributed by atoms with Crippen LogP contribution in [-0.2, 0) is 10.0 Å². The van der Waals surface area contributed by atoms with Gasteiger partial charge in [-0.2, -0.15) is 0 Å². The van der Waals surface area contributed by atoms with Gasteiger partial charge in [0.25, 0.3) is 0 Å². The highest BCUT2D eigenvalue weighted by Gasteiger charge is 2.22. The maximum absolute atomic E-state index is 11.9. The molecular formula is C11H19N3O2S. The summed E-state index contributed by atoms with van der Waals surface area (Å²) in [6, 6.07) is 3.36. The minimum absolute atomic E-state index is 0.248. The van der Waals surface area contributed by atoms with Crippen LogP contribution in [-0.4, -0.2) is 32.2 Å². The quantitative estimate of drug-likeness (QED) is 0.786. The molecule has 0 spiro atoms. The second kappa shape index (κ2) is 6.09. The molecule has 5 nitrogen and oxygen atoms in total. The maximum Gasteiger partial charge on any atom is 0.216 e. The molecule has 1 heterocycles. The van der Waals surface area contributed by atoms with E-state index in [1.165, 1.54) is 0 Å². The van der Waals surface area contributed by atoms with Crippen molar-refractivity contribution in [1.29, 1.82) is 0 Å². The fourth-order valence-corrected chi connectivity index (χ4v) is 2.73. The first kappa shape index (κ1) is 14.1. The number of hydrogen-bond donors (Lipinski definition) is 2. The number of sulfonamides is 1. The largest absolute Gasteiger partial charge is 0.318 e. The third kappa shape index (κ3) is 4.07. The number of nitrogens with one attached hydrogen (secondary N) is 2. The molecule has 17 heavy (non-hydrogen) atoms. The Morgan fingerprint density at radius 3 is 2.41 bits per heavy atom. The van der Waals surface area contributed by atoms with Crippen LogP contribution in [0, 0.1) is 0 Å². The Bertz CT molecular complexity index is 433. The molecule has 0 aliphatic carbocycles. The van der Waals surface area contributed by atoms with Crippen LogP contribution >= 0.6 is 0 Å². The van der Waals surface area contributed by atoms with Gasteiger partial charge in [0, 0.05) is 25.0 Å². The van der Waals surface area contributed by atoms with Crippen molar-refractivity contribution in [2.24, 2.45) is 0 Å². The first-order valence-corrected chi connectivity index (χ1v) is 7.07. The summed E-state index contributed by atoms with van der Waals surface area (Å²) < 4.78 is 26.5. The van der Waals surface area contributed by atoms with Crippen molar-refractivity contribution in [2.75, 3.05) is 13.6 Å². The third-order valence-electron chi connectivity index (χ3n) is 2.57. The summed E-state index contributed by atoms with van der Waals surface area (Å²) in [4.78, 5) is 3.90. The lowest BCUT2D eigenvalue weighted by Crippen LogP contribution is -2.39. The predicted molar refractivity (Wildman–Crippen MR) is 68.1 cm³/mol. The number of hydrogen-bond acceptors (Lipinski definition) is 4. The predicted octanol–water partition coefficient (Wildman–Crippen LogP) is 0.670. The molecule has 6 heteroatoms. The zero-order valence-corrected chi connectivity index (χ0v) is 11.2. The minimum Gasteiger partial charge on any atom is -0.318 e. The monoisotopic (exact) mass is 257 g/mol. The second-order valence-corrected chi connectivity index (χ2v) is 6.16. The molecule has 0 aliphatic heterocycles. The molecule has 0 saturated carbocycles. The molecule has 2 N–H and O–H groups in total. The minimum atomic E-state index is -3.30. The van der Waals surface area contributed by atoms with Gasteiger partial charge in [-0.05, 0) is 38.6 Å². The van der Waals surface area contributed by atoms with E-state index < -0.39 is 15.3 Å². The molecule has 1 aromatic heterocycles. The molecule has 1 rings (SSSR count). The van der Waals surface area contributed by atoms with Crippen molar-refractivity contribution in [1.82, 2.24) is 15.0 Å². The van der Waals surface area contributed by atoms with Gasteiger partial charge in [0.05, 0.1) is 5.25 Å². The van der Waals surface area contributed by atoms with E-state index in [2.05, 4.69) is 15.0 Å². The molecule has 96 valence electrons. The lowest BCUT2D eigenvalue weighted by molar-refractivity contribution is 0.550. The van der Waals surface area contributed by atoms with Crippen molar-refractivity contribution < 1.29 is 8.42 Å². The van der Waals surface area contributed by atoms with Gasteiger partial charge in [-0.25, -0.2) is 13.1 Å². The van der Waals surface area contributed by atoms with E-state index >= 15 is 0 Å². The fraction of sp³-hybridized carbons (Fsp3) is 0.545. The second-order valence-electron chi connectivity index (χ2n) is 4.03. The van der Waals surface area contributed by atoms with Crippen LogP contribution < -0.4 is 10.0 Å². The Morgan fingerprint density at radius 1 is 1.29 bits per heavy atom. The number of nitrogens with zero attached hydrogens (tertiary/aromatic N) is 1. The van der Waals surface area contributed by atoms with Gasteiger partial charge in [0.2, 0.25) is 10.0 Å². The van der Waals surface area contributed by atoms with Crippen LogP contribution in [0.3, 0.4) is 0 Å². The van der Waals surface area contributed by atoms with Gasteiger partial charge in [-0.1, -0.05) is 0 Å². The summed E-state index contributed by atoms with van der Waals surface area (Å²) in [5.74, 6) is 0. The molecule has 0 saturated heterocycles. The summed E-state index contributed by atoms with van der Waals surface area (Å²) in [7, 11) is -1.57.